The van der Waals surface area contributed by atoms with E-state index in [4.69, 9.17) is 0 Å². The van der Waals surface area contributed by atoms with Gasteiger partial charge in [-0.2, -0.15) is 0 Å². The molecule has 3 aromatic heterocycles. The van der Waals surface area contributed by atoms with Gasteiger partial charge in [0, 0.05) is 31.2 Å². The molecule has 3 rings (SSSR count). The summed E-state index contributed by atoms with van der Waals surface area (Å²) in [5.74, 6) is 0.0869. The van der Waals surface area contributed by atoms with Crippen LogP contribution in [0.25, 0.3) is 11.0 Å². The van der Waals surface area contributed by atoms with Crippen LogP contribution in [0, 0.1) is 12.8 Å². The van der Waals surface area contributed by atoms with Gasteiger partial charge in [0.2, 0.25) is 5.43 Å². The van der Waals surface area contributed by atoms with Crippen LogP contribution in [0.5, 0.6) is 0 Å². The molecule has 7 nitrogen and oxygen atoms in total. The summed E-state index contributed by atoms with van der Waals surface area (Å²) in [4.78, 5) is 34.1. The summed E-state index contributed by atoms with van der Waals surface area (Å²) < 4.78 is 3.85. The monoisotopic (exact) mass is 367 g/mol. The Labute approximate surface area is 158 Å². The molecule has 0 spiro atoms. The molecule has 0 fully saturated rings. The van der Waals surface area contributed by atoms with Crippen LogP contribution in [0.3, 0.4) is 0 Å². The van der Waals surface area contributed by atoms with Crippen molar-refractivity contribution in [3.05, 3.63) is 58.0 Å². The number of rotatable bonds is 6. The van der Waals surface area contributed by atoms with E-state index in [0.29, 0.717) is 30.0 Å². The number of aromatic nitrogens is 4. The van der Waals surface area contributed by atoms with Crippen LogP contribution in [-0.2, 0) is 19.6 Å². The highest BCUT2D eigenvalue weighted by Gasteiger charge is 2.16. The van der Waals surface area contributed by atoms with Crippen molar-refractivity contribution in [1.29, 1.82) is 0 Å². The molecule has 0 aliphatic rings. The van der Waals surface area contributed by atoms with Crippen molar-refractivity contribution in [3.8, 4) is 0 Å². The minimum Gasteiger partial charge on any atom is -0.346 e. The predicted molar refractivity (Wildman–Crippen MR) is 105 cm³/mol. The van der Waals surface area contributed by atoms with Gasteiger partial charge < -0.3 is 14.5 Å². The summed E-state index contributed by atoms with van der Waals surface area (Å²) in [6, 6.07) is 3.52. The zero-order valence-corrected chi connectivity index (χ0v) is 16.2. The summed E-state index contributed by atoms with van der Waals surface area (Å²) >= 11 is 0. The Hall–Kier alpha value is -2.96. The second kappa shape index (κ2) is 7.73. The van der Waals surface area contributed by atoms with Gasteiger partial charge in [-0.25, -0.2) is 9.97 Å². The Morgan fingerprint density at radius 2 is 2.04 bits per heavy atom. The normalized spacial score (nSPS) is 11.3. The van der Waals surface area contributed by atoms with Crippen molar-refractivity contribution < 1.29 is 4.79 Å². The van der Waals surface area contributed by atoms with E-state index < -0.39 is 0 Å². The van der Waals surface area contributed by atoms with Crippen molar-refractivity contribution in [3.63, 3.8) is 0 Å². The minimum absolute atomic E-state index is 0.130. The average molecular weight is 367 g/mol. The summed E-state index contributed by atoms with van der Waals surface area (Å²) in [7, 11) is 0. The fraction of sp³-hybridized carbons (Fsp3) is 0.400. The number of hydrogen-bond donors (Lipinski definition) is 1. The summed E-state index contributed by atoms with van der Waals surface area (Å²) in [5.41, 5.74) is 2.18. The van der Waals surface area contributed by atoms with Crippen molar-refractivity contribution >= 4 is 16.9 Å². The molecule has 142 valence electrons. The number of fused-ring (bicyclic) bond motifs is 1. The highest BCUT2D eigenvalue weighted by molar-refractivity contribution is 5.96. The first-order valence-corrected chi connectivity index (χ1v) is 9.18. The van der Waals surface area contributed by atoms with E-state index >= 15 is 0 Å². The van der Waals surface area contributed by atoms with Gasteiger partial charge in [0.05, 0.1) is 24.0 Å². The lowest BCUT2D eigenvalue weighted by atomic mass is 10.1. The number of amides is 1. The van der Waals surface area contributed by atoms with Crippen LogP contribution in [0.15, 0.2) is 35.6 Å². The average Bonchev–Trinajstić information content (AvgIpc) is 3.06. The third-order valence-electron chi connectivity index (χ3n) is 4.44. The van der Waals surface area contributed by atoms with E-state index in [-0.39, 0.29) is 16.9 Å². The Morgan fingerprint density at radius 3 is 2.74 bits per heavy atom. The number of carbonyl (C=O) groups is 1. The molecule has 0 unspecified atom stereocenters. The molecule has 0 bridgehead atoms. The first kappa shape index (κ1) is 18.8. The molecule has 0 saturated carbocycles. The van der Waals surface area contributed by atoms with E-state index in [1.54, 1.807) is 30.9 Å². The second-order valence-corrected chi connectivity index (χ2v) is 7.10. The van der Waals surface area contributed by atoms with Crippen LogP contribution in [-0.4, -0.2) is 25.0 Å². The lowest BCUT2D eigenvalue weighted by Gasteiger charge is -2.13. The first-order chi connectivity index (χ1) is 12.9. The van der Waals surface area contributed by atoms with E-state index in [2.05, 4.69) is 29.1 Å². The van der Waals surface area contributed by atoms with Crippen LogP contribution in [0.4, 0.5) is 0 Å². The SMILES string of the molecule is CCn1cc(C(=O)NCc2cncn2CC(C)C)c(=O)c2ccc(C)nc21. The van der Waals surface area contributed by atoms with E-state index in [1.165, 1.54) is 0 Å². The van der Waals surface area contributed by atoms with Gasteiger partial charge in [-0.3, -0.25) is 9.59 Å². The molecule has 3 heterocycles. The number of imidazole rings is 1. The van der Waals surface area contributed by atoms with E-state index in [9.17, 15) is 9.59 Å². The summed E-state index contributed by atoms with van der Waals surface area (Å²) in [6.07, 6.45) is 5.09. The molecule has 27 heavy (non-hydrogen) atoms. The van der Waals surface area contributed by atoms with Crippen molar-refractivity contribution in [2.24, 2.45) is 5.92 Å². The standard InChI is InChI=1S/C20H25N5O2/c1-5-24-11-17(18(26)16-7-6-14(4)23-19(16)24)20(27)22-9-15-8-21-12-25(15)10-13(2)3/h6-8,11-13H,5,9-10H2,1-4H3,(H,22,27). The molecular weight excluding hydrogens is 342 g/mol. The van der Waals surface area contributed by atoms with Crippen LogP contribution in [0.1, 0.15) is 42.5 Å². The molecule has 3 aromatic rings. The van der Waals surface area contributed by atoms with Gasteiger partial charge in [-0.15, -0.1) is 0 Å². The van der Waals surface area contributed by atoms with Crippen LogP contribution in [0.2, 0.25) is 0 Å². The highest BCUT2D eigenvalue weighted by atomic mass is 16.2. The predicted octanol–water partition coefficient (Wildman–Crippen LogP) is 2.51. The number of carbonyl (C=O) groups excluding carboxylic acids is 1. The third kappa shape index (κ3) is 3.92. The molecule has 0 aliphatic heterocycles. The van der Waals surface area contributed by atoms with Gasteiger partial charge in [-0.1, -0.05) is 13.8 Å². The van der Waals surface area contributed by atoms with Gasteiger partial charge in [0.1, 0.15) is 11.2 Å². The van der Waals surface area contributed by atoms with E-state index in [1.807, 2.05) is 23.0 Å². The Morgan fingerprint density at radius 1 is 1.26 bits per heavy atom. The zero-order valence-electron chi connectivity index (χ0n) is 16.2. The molecular formula is C20H25N5O2. The minimum atomic E-state index is -0.387. The topological polar surface area (TPSA) is 81.8 Å². The first-order valence-electron chi connectivity index (χ1n) is 9.18. The summed E-state index contributed by atoms with van der Waals surface area (Å²) in [5, 5.41) is 3.31. The molecule has 0 aliphatic carbocycles. The highest BCUT2D eigenvalue weighted by Crippen LogP contribution is 2.11. The van der Waals surface area contributed by atoms with Gasteiger partial charge in [-0.05, 0) is 31.9 Å². The molecule has 1 amide bonds. The van der Waals surface area contributed by atoms with Gasteiger partial charge in [0.15, 0.2) is 0 Å². The summed E-state index contributed by atoms with van der Waals surface area (Å²) in [6.45, 7) is 9.86. The van der Waals surface area contributed by atoms with E-state index in [0.717, 1.165) is 17.9 Å². The van der Waals surface area contributed by atoms with Crippen molar-refractivity contribution in [2.45, 2.75) is 47.3 Å². The van der Waals surface area contributed by atoms with Crippen molar-refractivity contribution in [1.82, 2.24) is 24.4 Å². The number of aryl methyl sites for hydroxylation is 2. The van der Waals surface area contributed by atoms with Gasteiger partial charge >= 0.3 is 0 Å². The number of nitrogens with zero attached hydrogens (tertiary/aromatic N) is 4. The zero-order chi connectivity index (χ0) is 19.6. The lowest BCUT2D eigenvalue weighted by Crippen LogP contribution is -2.30. The quantitative estimate of drug-likeness (QED) is 0.726. The molecule has 0 aromatic carbocycles. The largest absolute Gasteiger partial charge is 0.346 e. The van der Waals surface area contributed by atoms with Gasteiger partial charge in [0.25, 0.3) is 5.91 Å². The number of pyridine rings is 2. The molecule has 0 atom stereocenters. The Kier molecular flexibility index (Phi) is 5.39. The Balaban J connectivity index is 1.88. The Bertz CT molecular complexity index is 1030. The molecule has 0 radical (unpaired) electrons. The number of hydrogen-bond acceptors (Lipinski definition) is 4. The molecule has 0 saturated heterocycles. The fourth-order valence-corrected chi connectivity index (χ4v) is 3.08. The fourth-order valence-electron chi connectivity index (χ4n) is 3.08. The maximum absolute atomic E-state index is 12.8. The maximum Gasteiger partial charge on any atom is 0.257 e. The second-order valence-electron chi connectivity index (χ2n) is 7.10. The third-order valence-corrected chi connectivity index (χ3v) is 4.44. The van der Waals surface area contributed by atoms with Crippen molar-refractivity contribution in [2.75, 3.05) is 0 Å². The smallest absolute Gasteiger partial charge is 0.257 e. The lowest BCUT2D eigenvalue weighted by molar-refractivity contribution is 0.0948. The molecule has 1 N–H and O–H groups in total. The van der Waals surface area contributed by atoms with Crippen LogP contribution >= 0.6 is 0 Å². The number of nitrogens with one attached hydrogen (secondary N) is 1. The molecule has 7 heteroatoms. The maximum atomic E-state index is 12.8. The van der Waals surface area contributed by atoms with Crippen LogP contribution < -0.4 is 10.7 Å².